The van der Waals surface area contributed by atoms with Gasteiger partial charge in [-0.25, -0.2) is 4.39 Å². The lowest BCUT2D eigenvalue weighted by Gasteiger charge is -2.16. The van der Waals surface area contributed by atoms with E-state index in [1.54, 1.807) is 13.8 Å². The van der Waals surface area contributed by atoms with Crippen molar-refractivity contribution < 1.29 is 23.8 Å². The van der Waals surface area contributed by atoms with Crippen molar-refractivity contribution in [2.45, 2.75) is 13.8 Å². The average Bonchev–Trinajstić information content (AvgIpc) is 2.37. The molecule has 0 fully saturated rings. The van der Waals surface area contributed by atoms with Crippen LogP contribution in [0.15, 0.2) is 22.7 Å². The number of hydrogen-bond donors (Lipinski definition) is 2. The van der Waals surface area contributed by atoms with Gasteiger partial charge in [0.25, 0.3) is 5.91 Å². The maximum Gasteiger partial charge on any atom is 0.308 e. The molecular weight excluding hydrogens is 345 g/mol. The zero-order chi connectivity index (χ0) is 16.0. The van der Waals surface area contributed by atoms with Gasteiger partial charge in [-0.1, -0.05) is 13.8 Å². The van der Waals surface area contributed by atoms with E-state index in [1.165, 1.54) is 18.2 Å². The normalized spacial score (nSPS) is 12.0. The number of hydrogen-bond acceptors (Lipinski definition) is 3. The number of carboxylic acids is 1. The van der Waals surface area contributed by atoms with Crippen LogP contribution in [0.2, 0.25) is 0 Å². The fourth-order valence-electron chi connectivity index (χ4n) is 1.62. The Balaban J connectivity index is 2.45. The lowest BCUT2D eigenvalue weighted by Crippen LogP contribution is -2.37. The van der Waals surface area contributed by atoms with Crippen molar-refractivity contribution in [2.75, 3.05) is 13.2 Å². The van der Waals surface area contributed by atoms with E-state index in [1.807, 2.05) is 0 Å². The molecule has 1 atom stereocenters. The Hall–Kier alpha value is -1.63. The smallest absolute Gasteiger partial charge is 0.308 e. The van der Waals surface area contributed by atoms with Crippen LogP contribution in [0.5, 0.6) is 5.75 Å². The van der Waals surface area contributed by atoms with Gasteiger partial charge in [0, 0.05) is 6.54 Å². The minimum atomic E-state index is -0.951. The van der Waals surface area contributed by atoms with Crippen LogP contribution >= 0.6 is 15.9 Å². The summed E-state index contributed by atoms with van der Waals surface area (Å²) in [4.78, 5) is 22.6. The van der Waals surface area contributed by atoms with Crippen LogP contribution < -0.4 is 10.1 Å². The summed E-state index contributed by atoms with van der Waals surface area (Å²) in [7, 11) is 0. The maximum absolute atomic E-state index is 12.9. The highest BCUT2D eigenvalue weighted by Gasteiger charge is 2.22. The number of nitrogens with one attached hydrogen (secondary N) is 1. The number of benzene rings is 1. The molecule has 0 heterocycles. The predicted molar refractivity (Wildman–Crippen MR) is 78.6 cm³/mol. The number of carbonyl (C=O) groups is 2. The molecule has 1 rings (SSSR count). The van der Waals surface area contributed by atoms with Crippen molar-refractivity contribution in [1.29, 1.82) is 0 Å². The quantitative estimate of drug-likeness (QED) is 0.781. The minimum Gasteiger partial charge on any atom is -0.483 e. The van der Waals surface area contributed by atoms with Crippen LogP contribution in [0, 0.1) is 17.7 Å². The SMILES string of the molecule is CC(C)C(CNC(=O)COc1ccc(F)cc1Br)C(=O)O. The first-order valence-electron chi connectivity index (χ1n) is 6.38. The Morgan fingerprint density at radius 2 is 2.10 bits per heavy atom. The standard InChI is InChI=1S/C14H17BrFNO4/c1-8(2)10(14(19)20)6-17-13(18)7-21-12-4-3-9(16)5-11(12)15/h3-5,8,10H,6-7H2,1-2H3,(H,17,18)(H,19,20). The molecule has 21 heavy (non-hydrogen) atoms. The molecule has 0 aliphatic carbocycles. The zero-order valence-electron chi connectivity index (χ0n) is 11.7. The summed E-state index contributed by atoms with van der Waals surface area (Å²) in [5.74, 6) is -2.20. The molecule has 1 unspecified atom stereocenters. The Kier molecular flexibility index (Phi) is 6.61. The number of ether oxygens (including phenoxy) is 1. The molecule has 0 radical (unpaired) electrons. The van der Waals surface area contributed by atoms with Gasteiger partial charge in [-0.2, -0.15) is 0 Å². The van der Waals surface area contributed by atoms with E-state index in [0.29, 0.717) is 10.2 Å². The Morgan fingerprint density at radius 1 is 1.43 bits per heavy atom. The van der Waals surface area contributed by atoms with Crippen LogP contribution in [-0.2, 0) is 9.59 Å². The number of amides is 1. The van der Waals surface area contributed by atoms with Gasteiger partial charge in [0.15, 0.2) is 6.61 Å². The van der Waals surface area contributed by atoms with Crippen LogP contribution in [0.3, 0.4) is 0 Å². The van der Waals surface area contributed by atoms with E-state index in [9.17, 15) is 14.0 Å². The predicted octanol–water partition coefficient (Wildman–Crippen LogP) is 2.44. The van der Waals surface area contributed by atoms with E-state index in [4.69, 9.17) is 9.84 Å². The Bertz CT molecular complexity index is 522. The first-order chi connectivity index (χ1) is 9.81. The highest BCUT2D eigenvalue weighted by atomic mass is 79.9. The van der Waals surface area contributed by atoms with Crippen LogP contribution in [0.1, 0.15) is 13.8 Å². The fraction of sp³-hybridized carbons (Fsp3) is 0.429. The summed E-state index contributed by atoms with van der Waals surface area (Å²) in [6.07, 6.45) is 0. The first kappa shape index (κ1) is 17.4. The summed E-state index contributed by atoms with van der Waals surface area (Å²) in [5, 5.41) is 11.5. The Labute approximate surface area is 130 Å². The van der Waals surface area contributed by atoms with Crippen molar-refractivity contribution in [2.24, 2.45) is 11.8 Å². The molecule has 5 nitrogen and oxygen atoms in total. The first-order valence-corrected chi connectivity index (χ1v) is 7.18. The number of aliphatic carboxylic acids is 1. The number of halogens is 2. The molecule has 1 aromatic rings. The molecule has 116 valence electrons. The minimum absolute atomic E-state index is 0.0414. The van der Waals surface area contributed by atoms with Crippen molar-refractivity contribution in [3.05, 3.63) is 28.5 Å². The Morgan fingerprint density at radius 3 is 2.62 bits per heavy atom. The lowest BCUT2D eigenvalue weighted by atomic mass is 9.96. The molecule has 2 N–H and O–H groups in total. The second-order valence-corrected chi connectivity index (χ2v) is 5.71. The molecule has 1 amide bonds. The van der Waals surface area contributed by atoms with Crippen molar-refractivity contribution in [1.82, 2.24) is 5.32 Å². The van der Waals surface area contributed by atoms with Crippen molar-refractivity contribution in [3.63, 3.8) is 0 Å². The molecule has 0 saturated carbocycles. The third kappa shape index (κ3) is 5.71. The topological polar surface area (TPSA) is 75.6 Å². The third-order valence-electron chi connectivity index (χ3n) is 2.89. The second-order valence-electron chi connectivity index (χ2n) is 4.86. The monoisotopic (exact) mass is 361 g/mol. The summed E-state index contributed by atoms with van der Waals surface area (Å²) >= 11 is 3.12. The lowest BCUT2D eigenvalue weighted by molar-refractivity contribution is -0.143. The molecule has 0 bridgehead atoms. The number of rotatable bonds is 7. The summed E-state index contributed by atoms with van der Waals surface area (Å²) in [6.45, 7) is 3.32. The van der Waals surface area contributed by atoms with Crippen LogP contribution in [0.4, 0.5) is 4.39 Å². The second kappa shape index (κ2) is 7.97. The molecule has 0 aliphatic rings. The van der Waals surface area contributed by atoms with Gasteiger partial charge in [0.1, 0.15) is 11.6 Å². The molecule has 0 spiro atoms. The third-order valence-corrected chi connectivity index (χ3v) is 3.51. The van der Waals surface area contributed by atoms with Gasteiger partial charge < -0.3 is 15.2 Å². The van der Waals surface area contributed by atoms with Crippen molar-refractivity contribution >= 4 is 27.8 Å². The average molecular weight is 362 g/mol. The van der Waals surface area contributed by atoms with Gasteiger partial charge in [-0.15, -0.1) is 0 Å². The number of carbonyl (C=O) groups excluding carboxylic acids is 1. The molecular formula is C14H17BrFNO4. The molecule has 0 saturated heterocycles. The molecule has 0 aliphatic heterocycles. The summed E-state index contributed by atoms with van der Waals surface area (Å²) in [5.41, 5.74) is 0. The molecule has 0 aromatic heterocycles. The largest absolute Gasteiger partial charge is 0.483 e. The van der Waals surface area contributed by atoms with Crippen molar-refractivity contribution in [3.8, 4) is 5.75 Å². The van der Waals surface area contributed by atoms with E-state index in [0.717, 1.165) is 0 Å². The molecule has 1 aromatic carbocycles. The molecule has 7 heteroatoms. The van der Waals surface area contributed by atoms with Gasteiger partial charge in [-0.3, -0.25) is 9.59 Å². The summed E-state index contributed by atoms with van der Waals surface area (Å²) < 4.78 is 18.5. The fourth-order valence-corrected chi connectivity index (χ4v) is 2.08. The van der Waals surface area contributed by atoms with Gasteiger partial charge in [-0.05, 0) is 40.0 Å². The van der Waals surface area contributed by atoms with E-state index >= 15 is 0 Å². The summed E-state index contributed by atoms with van der Waals surface area (Å²) in [6, 6.07) is 3.85. The highest BCUT2D eigenvalue weighted by molar-refractivity contribution is 9.10. The van der Waals surface area contributed by atoms with Crippen LogP contribution in [0.25, 0.3) is 0 Å². The van der Waals surface area contributed by atoms with Gasteiger partial charge >= 0.3 is 5.97 Å². The van der Waals surface area contributed by atoms with Gasteiger partial charge in [0.05, 0.1) is 10.4 Å². The van der Waals surface area contributed by atoms with E-state index in [2.05, 4.69) is 21.2 Å². The number of carboxylic acid groups (broad SMARTS) is 1. The van der Waals surface area contributed by atoms with Crippen LogP contribution in [-0.4, -0.2) is 30.1 Å². The van der Waals surface area contributed by atoms with E-state index < -0.39 is 23.6 Å². The highest BCUT2D eigenvalue weighted by Crippen LogP contribution is 2.25. The van der Waals surface area contributed by atoms with E-state index in [-0.39, 0.29) is 19.1 Å². The van der Waals surface area contributed by atoms with Gasteiger partial charge in [0.2, 0.25) is 0 Å². The zero-order valence-corrected chi connectivity index (χ0v) is 13.3. The maximum atomic E-state index is 12.9.